The summed E-state index contributed by atoms with van der Waals surface area (Å²) < 4.78 is 27.2. The number of nitrogens with two attached hydrogens (primary N) is 1. The van der Waals surface area contributed by atoms with Crippen molar-refractivity contribution in [3.63, 3.8) is 0 Å². The van der Waals surface area contributed by atoms with E-state index in [9.17, 15) is 23.3 Å². The lowest BCUT2D eigenvalue weighted by Crippen LogP contribution is -2.43. The fraction of sp³-hybridized carbons (Fsp3) is 0.0714. The first-order chi connectivity index (χ1) is 11.8. The number of halogens is 1. The average molecular weight is 429 g/mol. The van der Waals surface area contributed by atoms with Crippen LogP contribution in [0.5, 0.6) is 0 Å². The third-order valence-corrected chi connectivity index (χ3v) is 5.61. The zero-order valence-electron chi connectivity index (χ0n) is 12.6. The summed E-state index contributed by atoms with van der Waals surface area (Å²) >= 11 is 3.23. The van der Waals surface area contributed by atoms with Crippen LogP contribution in [0.2, 0.25) is 0 Å². The van der Waals surface area contributed by atoms with Gasteiger partial charge in [-0.05, 0) is 34.1 Å². The molecule has 2 aromatic rings. The number of rotatable bonds is 6. The zero-order chi connectivity index (χ0) is 18.6. The number of nitrogens with one attached hydrogen (secondary N) is 1. The molecule has 0 fully saturated rings. The molecule has 9 nitrogen and oxygen atoms in total. The second-order valence-electron chi connectivity index (χ2n) is 4.79. The molecule has 0 aliphatic heterocycles. The van der Waals surface area contributed by atoms with Crippen LogP contribution in [0.25, 0.3) is 0 Å². The molecule has 0 atom stereocenters. The van der Waals surface area contributed by atoms with Crippen molar-refractivity contribution in [2.45, 2.75) is 4.90 Å². The van der Waals surface area contributed by atoms with E-state index < -0.39 is 27.4 Å². The number of hydrogen-bond acceptors (Lipinski definition) is 6. The molecule has 0 aliphatic rings. The van der Waals surface area contributed by atoms with Gasteiger partial charge in [-0.2, -0.15) is 0 Å². The highest BCUT2D eigenvalue weighted by Crippen LogP contribution is 2.31. The maximum absolute atomic E-state index is 13.0. The number of nitro groups is 1. The number of carbonyl (C=O) groups excluding carboxylic acids is 1. The minimum Gasteiger partial charge on any atom is -0.293 e. The van der Waals surface area contributed by atoms with Crippen molar-refractivity contribution < 1.29 is 18.1 Å². The Hall–Kier alpha value is -2.50. The Morgan fingerprint density at radius 2 is 1.92 bits per heavy atom. The lowest BCUT2D eigenvalue weighted by molar-refractivity contribution is -0.385. The summed E-state index contributed by atoms with van der Waals surface area (Å²) in [5, 5.41) is 10.9. The molecule has 25 heavy (non-hydrogen) atoms. The van der Waals surface area contributed by atoms with Gasteiger partial charge >= 0.3 is 0 Å². The number of sulfonamides is 1. The maximum atomic E-state index is 13.0. The number of nitrogens with zero attached hydrogens (tertiary/aromatic N) is 2. The highest BCUT2D eigenvalue weighted by molar-refractivity contribution is 9.10. The highest BCUT2D eigenvalue weighted by atomic mass is 79.9. The van der Waals surface area contributed by atoms with Crippen LogP contribution >= 0.6 is 15.9 Å². The Balaban J connectivity index is 2.59. The first-order valence-electron chi connectivity index (χ1n) is 6.78. The summed E-state index contributed by atoms with van der Waals surface area (Å²) in [6, 6.07) is 10.9. The van der Waals surface area contributed by atoms with Gasteiger partial charge in [0, 0.05) is 16.6 Å². The average Bonchev–Trinajstić information content (AvgIpc) is 2.60. The van der Waals surface area contributed by atoms with Crippen LogP contribution in [0.3, 0.4) is 0 Å². The van der Waals surface area contributed by atoms with E-state index in [1.807, 2.05) is 5.43 Å². The lowest BCUT2D eigenvalue weighted by atomic mass is 10.3. The van der Waals surface area contributed by atoms with E-state index in [0.29, 0.717) is 4.47 Å². The standard InChI is InChI=1S/C14H13BrN4O5S/c15-12-6-1-2-7-13(12)18(9-14(20)17-16)25(23,24)11-5-3-4-10(8-11)19(21)22/h1-8H,9,16H2,(H,17,20). The molecule has 0 bridgehead atoms. The first-order valence-corrected chi connectivity index (χ1v) is 9.02. The molecule has 0 unspecified atom stereocenters. The van der Waals surface area contributed by atoms with Gasteiger partial charge in [-0.1, -0.05) is 18.2 Å². The van der Waals surface area contributed by atoms with Gasteiger partial charge in [0.25, 0.3) is 21.6 Å². The van der Waals surface area contributed by atoms with Gasteiger partial charge in [0.2, 0.25) is 0 Å². The summed E-state index contributed by atoms with van der Waals surface area (Å²) in [5.41, 5.74) is 1.68. The third-order valence-electron chi connectivity index (χ3n) is 3.19. The predicted molar refractivity (Wildman–Crippen MR) is 94.1 cm³/mol. The molecular weight excluding hydrogens is 416 g/mol. The van der Waals surface area contributed by atoms with Crippen molar-refractivity contribution in [3.8, 4) is 0 Å². The van der Waals surface area contributed by atoms with Gasteiger partial charge in [-0.25, -0.2) is 14.3 Å². The summed E-state index contributed by atoms with van der Waals surface area (Å²) in [5.74, 6) is 4.31. The second kappa shape index (κ2) is 7.59. The molecule has 0 heterocycles. The summed E-state index contributed by atoms with van der Waals surface area (Å²) in [6.45, 7) is -0.593. The maximum Gasteiger partial charge on any atom is 0.270 e. The number of para-hydroxylation sites is 1. The Labute approximate surface area is 151 Å². The summed E-state index contributed by atoms with van der Waals surface area (Å²) in [4.78, 5) is 21.6. The van der Waals surface area contributed by atoms with Crippen molar-refractivity contribution in [3.05, 3.63) is 63.1 Å². The predicted octanol–water partition coefficient (Wildman–Crippen LogP) is 1.54. The summed E-state index contributed by atoms with van der Waals surface area (Å²) in [6.07, 6.45) is 0. The lowest BCUT2D eigenvalue weighted by Gasteiger charge is -2.24. The highest BCUT2D eigenvalue weighted by Gasteiger charge is 2.29. The molecular formula is C14H13BrN4O5S. The van der Waals surface area contributed by atoms with E-state index in [0.717, 1.165) is 10.4 Å². The number of hydrogen-bond donors (Lipinski definition) is 2. The number of nitro benzene ring substituents is 1. The van der Waals surface area contributed by atoms with Crippen LogP contribution in [0.15, 0.2) is 57.9 Å². The van der Waals surface area contributed by atoms with Crippen molar-refractivity contribution in [1.82, 2.24) is 5.43 Å². The van der Waals surface area contributed by atoms with Crippen LogP contribution in [-0.4, -0.2) is 25.8 Å². The second-order valence-corrected chi connectivity index (χ2v) is 7.50. The largest absolute Gasteiger partial charge is 0.293 e. The normalized spacial score (nSPS) is 11.0. The number of benzene rings is 2. The van der Waals surface area contributed by atoms with Crippen molar-refractivity contribution in [1.29, 1.82) is 0 Å². The van der Waals surface area contributed by atoms with E-state index in [1.165, 1.54) is 24.3 Å². The van der Waals surface area contributed by atoms with Gasteiger partial charge in [-0.15, -0.1) is 0 Å². The van der Waals surface area contributed by atoms with Crippen molar-refractivity contribution >= 4 is 43.2 Å². The van der Waals surface area contributed by atoms with E-state index in [1.54, 1.807) is 18.2 Å². The third kappa shape index (κ3) is 4.13. The van der Waals surface area contributed by atoms with Crippen LogP contribution in [-0.2, 0) is 14.8 Å². The van der Waals surface area contributed by atoms with Crippen molar-refractivity contribution in [2.24, 2.45) is 5.84 Å². The fourth-order valence-corrected chi connectivity index (χ4v) is 4.11. The molecule has 1 amide bonds. The molecule has 11 heteroatoms. The van der Waals surface area contributed by atoms with Crippen LogP contribution in [0, 0.1) is 10.1 Å². The molecule has 0 saturated carbocycles. The van der Waals surface area contributed by atoms with Gasteiger partial charge in [0.1, 0.15) is 6.54 Å². The van der Waals surface area contributed by atoms with Crippen LogP contribution in [0.4, 0.5) is 11.4 Å². The fourth-order valence-electron chi connectivity index (χ4n) is 2.01. The number of carbonyl (C=O) groups is 1. The Bertz CT molecular complexity index is 919. The molecule has 3 N–H and O–H groups in total. The van der Waals surface area contributed by atoms with Gasteiger partial charge in [0.15, 0.2) is 0 Å². The number of hydrazine groups is 1. The van der Waals surface area contributed by atoms with E-state index in [2.05, 4.69) is 15.9 Å². The Morgan fingerprint density at radius 3 is 2.52 bits per heavy atom. The molecule has 2 aromatic carbocycles. The van der Waals surface area contributed by atoms with Gasteiger partial charge in [0.05, 0.1) is 15.5 Å². The topological polar surface area (TPSA) is 136 Å². The van der Waals surface area contributed by atoms with E-state index in [-0.39, 0.29) is 16.3 Å². The van der Waals surface area contributed by atoms with Crippen LogP contribution in [0.1, 0.15) is 0 Å². The number of non-ortho nitro benzene ring substituents is 1. The SMILES string of the molecule is NNC(=O)CN(c1ccccc1Br)S(=O)(=O)c1cccc([N+](=O)[O-])c1. The van der Waals surface area contributed by atoms with Crippen molar-refractivity contribution in [2.75, 3.05) is 10.8 Å². The Morgan fingerprint density at radius 1 is 1.24 bits per heavy atom. The van der Waals surface area contributed by atoms with E-state index >= 15 is 0 Å². The molecule has 132 valence electrons. The monoisotopic (exact) mass is 428 g/mol. The Kier molecular flexibility index (Phi) is 5.72. The molecule has 0 spiro atoms. The van der Waals surface area contributed by atoms with E-state index in [4.69, 9.17) is 5.84 Å². The molecule has 0 saturated heterocycles. The van der Waals surface area contributed by atoms with Crippen LogP contribution < -0.4 is 15.6 Å². The minimum atomic E-state index is -4.26. The first kappa shape index (κ1) is 18.8. The molecule has 0 radical (unpaired) electrons. The minimum absolute atomic E-state index is 0.192. The number of anilines is 1. The smallest absolute Gasteiger partial charge is 0.270 e. The summed E-state index contributed by atoms with van der Waals surface area (Å²) in [7, 11) is -4.26. The van der Waals surface area contributed by atoms with Gasteiger partial charge < -0.3 is 0 Å². The molecule has 0 aliphatic carbocycles. The number of amides is 1. The quantitative estimate of drug-likeness (QED) is 0.310. The van der Waals surface area contributed by atoms with Gasteiger partial charge in [-0.3, -0.25) is 24.6 Å². The molecule has 0 aromatic heterocycles. The zero-order valence-corrected chi connectivity index (χ0v) is 15.0. The molecule has 2 rings (SSSR count).